The molecular weight excluding hydrogens is 292 g/mol. The van der Waals surface area contributed by atoms with Crippen LogP contribution < -0.4 is 4.74 Å². The van der Waals surface area contributed by atoms with E-state index in [4.69, 9.17) is 4.74 Å². The monoisotopic (exact) mass is 314 g/mol. The second-order valence-electron chi connectivity index (χ2n) is 6.01. The average Bonchev–Trinajstić information content (AvgIpc) is 3.00. The van der Waals surface area contributed by atoms with Crippen LogP contribution in [0.4, 0.5) is 0 Å². The van der Waals surface area contributed by atoms with Gasteiger partial charge in [-0.2, -0.15) is 5.10 Å². The molecule has 2 aromatic rings. The molecule has 122 valence electrons. The number of H-pyrrole nitrogens is 1. The molecule has 1 aromatic carbocycles. The van der Waals surface area contributed by atoms with Crippen LogP contribution in [0.15, 0.2) is 24.3 Å². The summed E-state index contributed by atoms with van der Waals surface area (Å²) in [7, 11) is 1.62. The van der Waals surface area contributed by atoms with Crippen LogP contribution in [0, 0.1) is 12.8 Å². The molecule has 0 saturated carbocycles. The van der Waals surface area contributed by atoms with Crippen molar-refractivity contribution in [2.75, 3.05) is 20.2 Å². The topological polar surface area (TPSA) is 71.1 Å². The van der Waals surface area contributed by atoms with E-state index in [2.05, 4.69) is 15.2 Å². The SMILES string of the molecule is COc1ccc(C(=O)N2CCC(Cc3n[nH]c(C)n3)CC2)cc1. The van der Waals surface area contributed by atoms with E-state index < -0.39 is 0 Å². The van der Waals surface area contributed by atoms with Gasteiger partial charge in [0.25, 0.3) is 5.91 Å². The van der Waals surface area contributed by atoms with Crippen LogP contribution in [0.25, 0.3) is 0 Å². The van der Waals surface area contributed by atoms with Crippen molar-refractivity contribution in [2.24, 2.45) is 5.92 Å². The van der Waals surface area contributed by atoms with Gasteiger partial charge < -0.3 is 9.64 Å². The molecule has 2 heterocycles. The molecule has 1 saturated heterocycles. The summed E-state index contributed by atoms with van der Waals surface area (Å²) in [5.74, 6) is 3.14. The number of nitrogens with zero attached hydrogens (tertiary/aromatic N) is 3. The molecule has 0 atom stereocenters. The normalized spacial score (nSPS) is 15.7. The zero-order chi connectivity index (χ0) is 16.2. The van der Waals surface area contributed by atoms with Crippen molar-refractivity contribution in [3.63, 3.8) is 0 Å². The first kappa shape index (κ1) is 15.5. The van der Waals surface area contributed by atoms with Gasteiger partial charge in [0.2, 0.25) is 0 Å². The molecule has 0 spiro atoms. The predicted molar refractivity (Wildman–Crippen MR) is 86.4 cm³/mol. The fourth-order valence-corrected chi connectivity index (χ4v) is 2.99. The minimum atomic E-state index is 0.0971. The van der Waals surface area contributed by atoms with Gasteiger partial charge in [0.05, 0.1) is 7.11 Å². The van der Waals surface area contributed by atoms with Crippen molar-refractivity contribution < 1.29 is 9.53 Å². The molecule has 0 bridgehead atoms. The third-order valence-electron chi connectivity index (χ3n) is 4.35. The Labute approximate surface area is 135 Å². The fraction of sp³-hybridized carbons (Fsp3) is 0.471. The molecule has 1 aliphatic rings. The second kappa shape index (κ2) is 6.81. The van der Waals surface area contributed by atoms with E-state index >= 15 is 0 Å². The Hall–Kier alpha value is -2.37. The van der Waals surface area contributed by atoms with E-state index in [-0.39, 0.29) is 5.91 Å². The second-order valence-corrected chi connectivity index (χ2v) is 6.01. The summed E-state index contributed by atoms with van der Waals surface area (Å²) in [6.45, 7) is 3.49. The highest BCUT2D eigenvalue weighted by Crippen LogP contribution is 2.22. The van der Waals surface area contributed by atoms with Crippen molar-refractivity contribution in [3.05, 3.63) is 41.5 Å². The summed E-state index contributed by atoms with van der Waals surface area (Å²) in [6.07, 6.45) is 2.87. The maximum absolute atomic E-state index is 12.5. The molecular formula is C17H22N4O2. The molecule has 0 unspecified atom stereocenters. The number of hydrogen-bond donors (Lipinski definition) is 1. The van der Waals surface area contributed by atoms with Gasteiger partial charge in [-0.3, -0.25) is 9.89 Å². The van der Waals surface area contributed by atoms with Crippen molar-refractivity contribution >= 4 is 5.91 Å². The van der Waals surface area contributed by atoms with Gasteiger partial charge in [-0.1, -0.05) is 0 Å². The number of aromatic nitrogens is 3. The highest BCUT2D eigenvalue weighted by atomic mass is 16.5. The van der Waals surface area contributed by atoms with Crippen molar-refractivity contribution in [2.45, 2.75) is 26.2 Å². The van der Waals surface area contributed by atoms with Gasteiger partial charge in [0.1, 0.15) is 11.6 Å². The largest absolute Gasteiger partial charge is 0.497 e. The first-order valence-electron chi connectivity index (χ1n) is 7.97. The number of benzene rings is 1. The smallest absolute Gasteiger partial charge is 0.253 e. The first-order chi connectivity index (χ1) is 11.2. The Balaban J connectivity index is 1.54. The Morgan fingerprint density at radius 1 is 1.30 bits per heavy atom. The zero-order valence-electron chi connectivity index (χ0n) is 13.6. The standard InChI is InChI=1S/C17H22N4O2/c1-12-18-16(20-19-12)11-13-7-9-21(10-8-13)17(22)14-3-5-15(23-2)6-4-14/h3-6,13H,7-11H2,1-2H3,(H,18,19,20). The number of aromatic amines is 1. The van der Waals surface area contributed by atoms with Crippen LogP contribution in [0.3, 0.4) is 0 Å². The zero-order valence-corrected chi connectivity index (χ0v) is 13.6. The molecule has 23 heavy (non-hydrogen) atoms. The number of aryl methyl sites for hydroxylation is 1. The van der Waals surface area contributed by atoms with Crippen LogP contribution in [0.5, 0.6) is 5.75 Å². The van der Waals surface area contributed by atoms with Crippen molar-refractivity contribution in [1.82, 2.24) is 20.1 Å². The molecule has 1 amide bonds. The lowest BCUT2D eigenvalue weighted by Gasteiger charge is -2.31. The number of hydrogen-bond acceptors (Lipinski definition) is 4. The van der Waals surface area contributed by atoms with Crippen LogP contribution in [-0.2, 0) is 6.42 Å². The van der Waals surface area contributed by atoms with E-state index in [1.807, 2.05) is 36.1 Å². The summed E-state index contributed by atoms with van der Waals surface area (Å²) in [4.78, 5) is 18.8. The van der Waals surface area contributed by atoms with Crippen molar-refractivity contribution in [3.8, 4) is 5.75 Å². The molecule has 0 aliphatic carbocycles. The lowest BCUT2D eigenvalue weighted by Crippen LogP contribution is -2.39. The number of likely N-dealkylation sites (tertiary alicyclic amines) is 1. The maximum Gasteiger partial charge on any atom is 0.253 e. The predicted octanol–water partition coefficient (Wildman–Crippen LogP) is 2.22. The van der Waals surface area contributed by atoms with Gasteiger partial charge in [-0.15, -0.1) is 0 Å². The molecule has 1 aliphatic heterocycles. The first-order valence-corrected chi connectivity index (χ1v) is 7.97. The number of carbonyl (C=O) groups is 1. The minimum Gasteiger partial charge on any atom is -0.497 e. The minimum absolute atomic E-state index is 0.0971. The molecule has 3 rings (SSSR count). The third kappa shape index (κ3) is 3.70. The van der Waals surface area contributed by atoms with E-state index in [9.17, 15) is 4.79 Å². The van der Waals surface area contributed by atoms with Gasteiger partial charge in [0.15, 0.2) is 5.82 Å². The number of piperidine rings is 1. The van der Waals surface area contributed by atoms with E-state index in [1.165, 1.54) is 0 Å². The highest BCUT2D eigenvalue weighted by Gasteiger charge is 2.24. The van der Waals surface area contributed by atoms with Gasteiger partial charge >= 0.3 is 0 Å². The van der Waals surface area contributed by atoms with E-state index in [0.29, 0.717) is 11.5 Å². The fourth-order valence-electron chi connectivity index (χ4n) is 2.99. The quantitative estimate of drug-likeness (QED) is 0.939. The number of methoxy groups -OCH3 is 1. The van der Waals surface area contributed by atoms with Crippen LogP contribution in [0.1, 0.15) is 34.8 Å². The number of rotatable bonds is 4. The lowest BCUT2D eigenvalue weighted by atomic mass is 9.93. The number of nitrogens with one attached hydrogen (secondary N) is 1. The van der Waals surface area contributed by atoms with Crippen LogP contribution >= 0.6 is 0 Å². The number of carbonyl (C=O) groups excluding carboxylic acids is 1. The molecule has 0 radical (unpaired) electrons. The van der Waals surface area contributed by atoms with Crippen LogP contribution in [0.2, 0.25) is 0 Å². The van der Waals surface area contributed by atoms with Crippen LogP contribution in [-0.4, -0.2) is 46.2 Å². The Morgan fingerprint density at radius 3 is 2.57 bits per heavy atom. The van der Waals surface area contributed by atoms with Gasteiger partial charge in [-0.25, -0.2) is 4.98 Å². The molecule has 6 heteroatoms. The summed E-state index contributed by atoms with van der Waals surface area (Å²) in [6, 6.07) is 7.30. The third-order valence-corrected chi connectivity index (χ3v) is 4.35. The van der Waals surface area contributed by atoms with Gasteiger partial charge in [-0.05, 0) is 49.9 Å². The summed E-state index contributed by atoms with van der Waals surface area (Å²) < 4.78 is 5.13. The number of amides is 1. The molecule has 6 nitrogen and oxygen atoms in total. The lowest BCUT2D eigenvalue weighted by molar-refractivity contribution is 0.0690. The van der Waals surface area contributed by atoms with Gasteiger partial charge in [0, 0.05) is 25.1 Å². The molecule has 1 aromatic heterocycles. The summed E-state index contributed by atoms with van der Waals surface area (Å²) in [5, 5.41) is 7.08. The number of ether oxygens (including phenoxy) is 1. The Bertz CT molecular complexity index is 657. The van der Waals surface area contributed by atoms with Crippen molar-refractivity contribution in [1.29, 1.82) is 0 Å². The Morgan fingerprint density at radius 2 is 2.00 bits per heavy atom. The van der Waals surface area contributed by atoms with E-state index in [0.717, 1.165) is 49.8 Å². The maximum atomic E-state index is 12.5. The van der Waals surface area contributed by atoms with E-state index in [1.54, 1.807) is 7.11 Å². The summed E-state index contributed by atoms with van der Waals surface area (Å²) >= 11 is 0. The molecule has 1 fully saturated rings. The highest BCUT2D eigenvalue weighted by molar-refractivity contribution is 5.94. The Kier molecular flexibility index (Phi) is 4.60. The average molecular weight is 314 g/mol. The summed E-state index contributed by atoms with van der Waals surface area (Å²) in [5.41, 5.74) is 0.717. The molecule has 1 N–H and O–H groups in total.